The molecule has 0 aliphatic rings. The summed E-state index contributed by atoms with van der Waals surface area (Å²) in [6.45, 7) is 7.70. The van der Waals surface area contributed by atoms with Crippen LogP contribution in [-0.2, 0) is 22.9 Å². The Labute approximate surface area is 189 Å². The predicted octanol–water partition coefficient (Wildman–Crippen LogP) is 3.05. The number of rotatable bonds is 8. The third-order valence-electron chi connectivity index (χ3n) is 3.95. The van der Waals surface area contributed by atoms with Crippen molar-refractivity contribution in [3.05, 3.63) is 51.7 Å². The van der Waals surface area contributed by atoms with Gasteiger partial charge >= 0.3 is 0 Å². The minimum Gasteiger partial charge on any atom is -0.357 e. The summed E-state index contributed by atoms with van der Waals surface area (Å²) in [5.41, 5.74) is 1.02. The number of aryl methyl sites for hydroxylation is 1. The molecule has 9 heteroatoms. The lowest BCUT2D eigenvalue weighted by atomic mass is 10.1. The fourth-order valence-corrected chi connectivity index (χ4v) is 4.18. The van der Waals surface area contributed by atoms with Gasteiger partial charge in [0.05, 0.1) is 4.90 Å². The van der Waals surface area contributed by atoms with Crippen LogP contribution in [0.3, 0.4) is 0 Å². The zero-order valence-corrected chi connectivity index (χ0v) is 20.4. The highest BCUT2D eigenvalue weighted by molar-refractivity contribution is 14.0. The van der Waals surface area contributed by atoms with Crippen LogP contribution in [0.25, 0.3) is 0 Å². The van der Waals surface area contributed by atoms with Gasteiger partial charge in [-0.05, 0) is 57.0 Å². The van der Waals surface area contributed by atoms with E-state index in [1.165, 1.54) is 21.9 Å². The number of guanidine groups is 1. The van der Waals surface area contributed by atoms with Crippen LogP contribution in [0.5, 0.6) is 0 Å². The molecule has 1 aromatic carbocycles. The molecular weight excluding hydrogens is 507 g/mol. The summed E-state index contributed by atoms with van der Waals surface area (Å²) >= 11 is 1.82. The van der Waals surface area contributed by atoms with Crippen molar-refractivity contribution < 1.29 is 8.42 Å². The van der Waals surface area contributed by atoms with Gasteiger partial charge in [0.25, 0.3) is 0 Å². The Kier molecular flexibility index (Phi) is 10.4. The molecule has 0 saturated carbocycles. The van der Waals surface area contributed by atoms with E-state index < -0.39 is 10.0 Å². The largest absolute Gasteiger partial charge is 0.357 e. The van der Waals surface area contributed by atoms with Gasteiger partial charge in [-0.3, -0.25) is 4.99 Å². The summed E-state index contributed by atoms with van der Waals surface area (Å²) in [7, 11) is -3.65. The molecule has 0 amide bonds. The Morgan fingerprint density at radius 1 is 1.21 bits per heavy atom. The second kappa shape index (κ2) is 11.7. The Balaban J connectivity index is 0.00000392. The van der Waals surface area contributed by atoms with Gasteiger partial charge in [-0.25, -0.2) is 13.6 Å². The SMILES string of the molecule is CCNC(=NCCc1ccc(S(N)(=O)=O)cc1)NC(C)Cc1ccc(C)s1.I. The maximum Gasteiger partial charge on any atom is 0.238 e. The normalized spacial score (nSPS) is 12.9. The standard InChI is InChI=1S/C19H28N4O2S2.HI/c1-4-21-19(23-14(2)13-17-8-5-15(3)26-17)22-12-11-16-6-9-18(10-7-16)27(20,24)25;/h5-10,14H,4,11-13H2,1-3H3,(H2,20,24,25)(H2,21,22,23);1H. The van der Waals surface area contributed by atoms with E-state index in [4.69, 9.17) is 5.14 Å². The Morgan fingerprint density at radius 3 is 2.43 bits per heavy atom. The molecule has 1 heterocycles. The van der Waals surface area contributed by atoms with Crippen molar-refractivity contribution in [3.63, 3.8) is 0 Å². The number of nitrogens with two attached hydrogens (primary N) is 1. The summed E-state index contributed by atoms with van der Waals surface area (Å²) in [6, 6.07) is 11.2. The molecule has 2 rings (SSSR count). The van der Waals surface area contributed by atoms with Crippen LogP contribution >= 0.6 is 35.3 Å². The third kappa shape index (κ3) is 8.46. The number of nitrogens with zero attached hydrogens (tertiary/aromatic N) is 1. The first-order chi connectivity index (χ1) is 12.8. The van der Waals surface area contributed by atoms with Crippen molar-refractivity contribution in [1.82, 2.24) is 10.6 Å². The number of primary sulfonamides is 1. The molecule has 2 aromatic rings. The lowest BCUT2D eigenvalue weighted by Crippen LogP contribution is -2.43. The molecule has 1 unspecified atom stereocenters. The molecule has 0 bridgehead atoms. The second-order valence-electron chi connectivity index (χ2n) is 6.46. The Hall–Kier alpha value is -1.17. The average molecular weight is 537 g/mol. The summed E-state index contributed by atoms with van der Waals surface area (Å²) in [4.78, 5) is 7.43. The molecule has 0 radical (unpaired) electrons. The topological polar surface area (TPSA) is 96.6 Å². The monoisotopic (exact) mass is 536 g/mol. The number of hydrogen-bond donors (Lipinski definition) is 3. The van der Waals surface area contributed by atoms with Crippen molar-refractivity contribution in [2.24, 2.45) is 10.1 Å². The molecule has 1 atom stereocenters. The van der Waals surface area contributed by atoms with Crippen molar-refractivity contribution in [3.8, 4) is 0 Å². The van der Waals surface area contributed by atoms with Gasteiger partial charge in [0.1, 0.15) is 0 Å². The van der Waals surface area contributed by atoms with Crippen LogP contribution in [0.15, 0.2) is 46.3 Å². The Bertz CT molecular complexity index is 864. The summed E-state index contributed by atoms with van der Waals surface area (Å²) in [5.74, 6) is 0.791. The van der Waals surface area contributed by atoms with Crippen LogP contribution in [0.1, 0.15) is 29.2 Å². The molecule has 0 aliphatic carbocycles. The number of sulfonamides is 1. The lowest BCUT2D eigenvalue weighted by molar-refractivity contribution is 0.598. The van der Waals surface area contributed by atoms with Gasteiger partial charge in [-0.1, -0.05) is 12.1 Å². The maximum atomic E-state index is 11.3. The maximum absolute atomic E-state index is 11.3. The number of nitrogens with one attached hydrogen (secondary N) is 2. The van der Waals surface area contributed by atoms with Gasteiger partial charge in [-0.15, -0.1) is 35.3 Å². The first-order valence-electron chi connectivity index (χ1n) is 9.00. The molecule has 6 nitrogen and oxygen atoms in total. The van der Waals surface area contributed by atoms with Crippen LogP contribution in [0, 0.1) is 6.92 Å². The summed E-state index contributed by atoms with van der Waals surface area (Å²) in [5, 5.41) is 11.8. The van der Waals surface area contributed by atoms with E-state index in [9.17, 15) is 8.42 Å². The number of aliphatic imine (C=N–C) groups is 1. The molecular formula is C19H29IN4O2S2. The summed E-state index contributed by atoms with van der Waals surface area (Å²) < 4.78 is 22.6. The van der Waals surface area contributed by atoms with Gasteiger partial charge in [0.2, 0.25) is 10.0 Å². The van der Waals surface area contributed by atoms with Crippen LogP contribution in [0.4, 0.5) is 0 Å². The highest BCUT2D eigenvalue weighted by Crippen LogP contribution is 2.16. The highest BCUT2D eigenvalue weighted by Gasteiger charge is 2.08. The van der Waals surface area contributed by atoms with Gasteiger partial charge in [-0.2, -0.15) is 0 Å². The zero-order chi connectivity index (χ0) is 19.9. The second-order valence-corrected chi connectivity index (χ2v) is 9.40. The van der Waals surface area contributed by atoms with E-state index in [-0.39, 0.29) is 34.9 Å². The molecule has 4 N–H and O–H groups in total. The number of hydrogen-bond acceptors (Lipinski definition) is 4. The van der Waals surface area contributed by atoms with Crippen LogP contribution < -0.4 is 15.8 Å². The van der Waals surface area contributed by atoms with Crippen LogP contribution in [0.2, 0.25) is 0 Å². The minimum absolute atomic E-state index is 0. The van der Waals surface area contributed by atoms with E-state index >= 15 is 0 Å². The lowest BCUT2D eigenvalue weighted by Gasteiger charge is -2.17. The fraction of sp³-hybridized carbons (Fsp3) is 0.421. The molecule has 28 heavy (non-hydrogen) atoms. The predicted molar refractivity (Wildman–Crippen MR) is 128 cm³/mol. The summed E-state index contributed by atoms with van der Waals surface area (Å²) in [6.07, 6.45) is 1.68. The van der Waals surface area contributed by atoms with E-state index in [1.807, 2.05) is 18.3 Å². The van der Waals surface area contributed by atoms with E-state index in [0.29, 0.717) is 6.54 Å². The average Bonchev–Trinajstić information content (AvgIpc) is 2.99. The zero-order valence-electron chi connectivity index (χ0n) is 16.4. The smallest absolute Gasteiger partial charge is 0.238 e. The Morgan fingerprint density at radius 2 is 1.89 bits per heavy atom. The first-order valence-corrected chi connectivity index (χ1v) is 11.4. The molecule has 0 aliphatic heterocycles. The fourth-order valence-electron chi connectivity index (χ4n) is 2.64. The van der Waals surface area contributed by atoms with Crippen LogP contribution in [-0.4, -0.2) is 33.5 Å². The molecule has 156 valence electrons. The minimum atomic E-state index is -3.65. The number of thiophene rings is 1. The number of benzene rings is 1. The van der Waals surface area contributed by atoms with Gasteiger partial charge < -0.3 is 10.6 Å². The van der Waals surface area contributed by atoms with Gasteiger partial charge in [0.15, 0.2) is 5.96 Å². The van der Waals surface area contributed by atoms with E-state index in [0.717, 1.165) is 30.9 Å². The van der Waals surface area contributed by atoms with E-state index in [2.05, 4.69) is 41.6 Å². The molecule has 1 aromatic heterocycles. The van der Waals surface area contributed by atoms with Gasteiger partial charge in [0, 0.05) is 35.3 Å². The van der Waals surface area contributed by atoms with Crippen molar-refractivity contribution in [2.75, 3.05) is 13.1 Å². The molecule has 0 saturated heterocycles. The molecule has 0 fully saturated rings. The third-order valence-corrected chi connectivity index (χ3v) is 5.91. The highest BCUT2D eigenvalue weighted by atomic mass is 127. The molecule has 0 spiro atoms. The van der Waals surface area contributed by atoms with Crippen molar-refractivity contribution in [1.29, 1.82) is 0 Å². The number of halogens is 1. The van der Waals surface area contributed by atoms with Crippen molar-refractivity contribution >= 4 is 51.3 Å². The quantitative estimate of drug-likeness (QED) is 0.275. The van der Waals surface area contributed by atoms with E-state index in [1.54, 1.807) is 12.1 Å². The first kappa shape index (κ1) is 24.9. The van der Waals surface area contributed by atoms with Crippen molar-refractivity contribution in [2.45, 2.75) is 44.6 Å².